The zero-order valence-corrected chi connectivity index (χ0v) is 11.1. The van der Waals surface area contributed by atoms with Gasteiger partial charge < -0.3 is 4.90 Å². The first-order valence-corrected chi connectivity index (χ1v) is 6.91. The molecule has 18 heavy (non-hydrogen) atoms. The molecule has 0 amide bonds. The highest BCUT2D eigenvalue weighted by Crippen LogP contribution is 2.17. The van der Waals surface area contributed by atoms with Crippen molar-refractivity contribution in [2.75, 3.05) is 27.2 Å². The molecule has 0 spiro atoms. The zero-order chi connectivity index (χ0) is 13.8. The molecule has 0 saturated heterocycles. The van der Waals surface area contributed by atoms with Crippen molar-refractivity contribution in [2.24, 2.45) is 0 Å². The predicted molar refractivity (Wildman–Crippen MR) is 64.7 cm³/mol. The van der Waals surface area contributed by atoms with Crippen molar-refractivity contribution in [1.29, 1.82) is 0 Å². The average molecular weight is 278 g/mol. The van der Waals surface area contributed by atoms with Crippen LogP contribution in [0.15, 0.2) is 23.1 Å². The van der Waals surface area contributed by atoms with Crippen LogP contribution in [0, 0.1) is 11.6 Å². The van der Waals surface area contributed by atoms with Crippen LogP contribution < -0.4 is 4.72 Å². The van der Waals surface area contributed by atoms with Crippen molar-refractivity contribution in [3.63, 3.8) is 0 Å². The van der Waals surface area contributed by atoms with Crippen LogP contribution in [0.2, 0.25) is 0 Å². The first-order valence-electron chi connectivity index (χ1n) is 5.43. The van der Waals surface area contributed by atoms with Gasteiger partial charge >= 0.3 is 0 Å². The summed E-state index contributed by atoms with van der Waals surface area (Å²) in [5, 5.41) is 0. The monoisotopic (exact) mass is 278 g/mol. The van der Waals surface area contributed by atoms with E-state index < -0.39 is 26.6 Å². The molecule has 0 bridgehead atoms. The van der Waals surface area contributed by atoms with E-state index in [-0.39, 0.29) is 6.54 Å². The molecule has 0 heterocycles. The van der Waals surface area contributed by atoms with Crippen molar-refractivity contribution in [3.8, 4) is 0 Å². The van der Waals surface area contributed by atoms with Crippen molar-refractivity contribution >= 4 is 10.0 Å². The molecular formula is C11H16F2N2O2S. The molecule has 1 N–H and O–H groups in total. The van der Waals surface area contributed by atoms with Crippen LogP contribution in [-0.4, -0.2) is 40.5 Å². The third-order valence-electron chi connectivity index (χ3n) is 2.26. The van der Waals surface area contributed by atoms with Gasteiger partial charge in [0.25, 0.3) is 0 Å². The smallest absolute Gasteiger partial charge is 0.246 e. The number of nitrogens with one attached hydrogen (secondary N) is 1. The van der Waals surface area contributed by atoms with Gasteiger partial charge in [-0.15, -0.1) is 0 Å². The van der Waals surface area contributed by atoms with E-state index in [0.717, 1.165) is 18.2 Å². The number of benzene rings is 1. The van der Waals surface area contributed by atoms with E-state index in [4.69, 9.17) is 0 Å². The summed E-state index contributed by atoms with van der Waals surface area (Å²) in [5.41, 5.74) is 0. The lowest BCUT2D eigenvalue weighted by Crippen LogP contribution is -2.28. The van der Waals surface area contributed by atoms with Crippen molar-refractivity contribution < 1.29 is 17.2 Å². The summed E-state index contributed by atoms with van der Waals surface area (Å²) in [6.07, 6.45) is 0.558. The fourth-order valence-electron chi connectivity index (χ4n) is 1.41. The zero-order valence-electron chi connectivity index (χ0n) is 10.3. The molecule has 0 aromatic heterocycles. The lowest BCUT2D eigenvalue weighted by atomic mass is 10.3. The molecular weight excluding hydrogens is 262 g/mol. The van der Waals surface area contributed by atoms with Crippen LogP contribution in [0.4, 0.5) is 8.78 Å². The second-order valence-corrected chi connectivity index (χ2v) is 5.81. The summed E-state index contributed by atoms with van der Waals surface area (Å²) in [6, 6.07) is 2.95. The van der Waals surface area contributed by atoms with Gasteiger partial charge in [-0.2, -0.15) is 0 Å². The number of rotatable bonds is 6. The normalized spacial score (nSPS) is 12.1. The molecule has 0 atom stereocenters. The van der Waals surface area contributed by atoms with E-state index >= 15 is 0 Å². The molecule has 7 heteroatoms. The number of hydrogen-bond donors (Lipinski definition) is 1. The molecule has 0 aliphatic rings. The van der Waals surface area contributed by atoms with E-state index in [1.54, 1.807) is 0 Å². The average Bonchev–Trinajstić information content (AvgIpc) is 2.23. The highest BCUT2D eigenvalue weighted by molar-refractivity contribution is 7.89. The Morgan fingerprint density at radius 3 is 2.28 bits per heavy atom. The van der Waals surface area contributed by atoms with Gasteiger partial charge in [0.1, 0.15) is 11.6 Å². The lowest BCUT2D eigenvalue weighted by Gasteiger charge is -2.11. The largest absolute Gasteiger partial charge is 0.309 e. The van der Waals surface area contributed by atoms with Gasteiger partial charge in [0.05, 0.1) is 0 Å². The molecule has 0 aliphatic carbocycles. The van der Waals surface area contributed by atoms with Gasteiger partial charge in [-0.3, -0.25) is 0 Å². The lowest BCUT2D eigenvalue weighted by molar-refractivity contribution is 0.399. The molecule has 102 valence electrons. The first kappa shape index (κ1) is 15.0. The Morgan fingerprint density at radius 1 is 1.22 bits per heavy atom. The second-order valence-electron chi connectivity index (χ2n) is 4.11. The van der Waals surface area contributed by atoms with Crippen molar-refractivity contribution in [2.45, 2.75) is 11.3 Å². The van der Waals surface area contributed by atoms with Gasteiger partial charge in [-0.25, -0.2) is 21.9 Å². The van der Waals surface area contributed by atoms with Gasteiger partial charge in [0, 0.05) is 6.54 Å². The topological polar surface area (TPSA) is 49.4 Å². The van der Waals surface area contributed by atoms with Crippen LogP contribution >= 0.6 is 0 Å². The molecule has 0 radical (unpaired) electrons. The van der Waals surface area contributed by atoms with Gasteiger partial charge in [0.2, 0.25) is 10.0 Å². The standard InChI is InChI=1S/C11H16F2N2O2S/c1-15(2)8-4-7-14-18(16,17)11-9(12)5-3-6-10(11)13/h3,5-6,14H,4,7-8H2,1-2H3. The van der Waals surface area contributed by atoms with Crippen LogP contribution in [0.5, 0.6) is 0 Å². The first-order chi connectivity index (χ1) is 8.34. The van der Waals surface area contributed by atoms with E-state index in [2.05, 4.69) is 4.72 Å². The fourth-order valence-corrected chi connectivity index (χ4v) is 2.62. The van der Waals surface area contributed by atoms with Gasteiger partial charge in [0.15, 0.2) is 4.90 Å². The maximum Gasteiger partial charge on any atom is 0.246 e. The summed E-state index contributed by atoms with van der Waals surface area (Å²) >= 11 is 0. The van der Waals surface area contributed by atoms with Crippen LogP contribution in [0.3, 0.4) is 0 Å². The highest BCUT2D eigenvalue weighted by Gasteiger charge is 2.22. The Bertz CT molecular complexity index is 484. The molecule has 0 fully saturated rings. The highest BCUT2D eigenvalue weighted by atomic mass is 32.2. The molecule has 0 unspecified atom stereocenters. The van der Waals surface area contributed by atoms with E-state index in [1.807, 2.05) is 19.0 Å². The molecule has 0 aliphatic heterocycles. The van der Waals surface area contributed by atoms with E-state index in [0.29, 0.717) is 13.0 Å². The summed E-state index contributed by atoms with van der Waals surface area (Å²) in [7, 11) is -0.434. The van der Waals surface area contributed by atoms with Crippen molar-refractivity contribution in [1.82, 2.24) is 9.62 Å². The van der Waals surface area contributed by atoms with Gasteiger partial charge in [-0.05, 0) is 39.2 Å². The Hall–Kier alpha value is -1.05. The molecule has 1 aromatic carbocycles. The molecule has 1 aromatic rings. The minimum Gasteiger partial charge on any atom is -0.309 e. The Kier molecular flexibility index (Phi) is 5.18. The van der Waals surface area contributed by atoms with Crippen LogP contribution in [0.25, 0.3) is 0 Å². The van der Waals surface area contributed by atoms with E-state index in [1.165, 1.54) is 0 Å². The third kappa shape index (κ3) is 4.01. The molecule has 1 rings (SSSR count). The number of nitrogens with zero attached hydrogens (tertiary/aromatic N) is 1. The maximum atomic E-state index is 13.3. The molecule has 0 saturated carbocycles. The summed E-state index contributed by atoms with van der Waals surface area (Å²) in [5.74, 6) is -2.18. The Morgan fingerprint density at radius 2 is 1.78 bits per heavy atom. The van der Waals surface area contributed by atoms with Crippen LogP contribution in [-0.2, 0) is 10.0 Å². The fraction of sp³-hybridized carbons (Fsp3) is 0.455. The van der Waals surface area contributed by atoms with Gasteiger partial charge in [-0.1, -0.05) is 6.07 Å². The summed E-state index contributed by atoms with van der Waals surface area (Å²) < 4.78 is 52.2. The second kappa shape index (κ2) is 6.21. The summed E-state index contributed by atoms with van der Waals surface area (Å²) in [4.78, 5) is 0.965. The Balaban J connectivity index is 2.75. The molecule has 4 nitrogen and oxygen atoms in total. The predicted octanol–water partition coefficient (Wildman–Crippen LogP) is 1.19. The number of halogens is 2. The Labute approximate surface area is 106 Å². The number of sulfonamides is 1. The third-order valence-corrected chi connectivity index (χ3v) is 3.77. The minimum absolute atomic E-state index is 0.133. The van der Waals surface area contributed by atoms with E-state index in [9.17, 15) is 17.2 Å². The maximum absolute atomic E-state index is 13.3. The number of hydrogen-bond acceptors (Lipinski definition) is 3. The minimum atomic E-state index is -4.14. The van der Waals surface area contributed by atoms with Crippen molar-refractivity contribution in [3.05, 3.63) is 29.8 Å². The van der Waals surface area contributed by atoms with Crippen LogP contribution in [0.1, 0.15) is 6.42 Å². The quantitative estimate of drug-likeness (QED) is 0.795. The summed E-state index contributed by atoms with van der Waals surface area (Å²) in [6.45, 7) is 0.816. The SMILES string of the molecule is CN(C)CCCNS(=O)(=O)c1c(F)cccc1F.